The van der Waals surface area contributed by atoms with Gasteiger partial charge in [0.05, 0.1) is 23.6 Å². The van der Waals surface area contributed by atoms with Crippen molar-refractivity contribution in [3.8, 4) is 0 Å². The molecule has 0 amide bonds. The molecule has 0 saturated carbocycles. The largest absolute Gasteiger partial charge is 0.375 e. The highest BCUT2D eigenvalue weighted by Gasteiger charge is 2.42. The van der Waals surface area contributed by atoms with Gasteiger partial charge in [-0.15, -0.1) is 0 Å². The number of piperidine rings is 1. The van der Waals surface area contributed by atoms with E-state index in [0.29, 0.717) is 18.0 Å². The third-order valence-corrected chi connectivity index (χ3v) is 6.74. The number of hydrogen-bond acceptors (Lipinski definition) is 4. The Kier molecular flexibility index (Phi) is 4.29. The van der Waals surface area contributed by atoms with E-state index in [2.05, 4.69) is 4.90 Å². The zero-order chi connectivity index (χ0) is 15.9. The number of likely N-dealkylation sites (N-methyl/N-ethyl adjacent to an activating group) is 1. The number of aryl methyl sites for hydroxylation is 2. The lowest BCUT2D eigenvalue weighted by Crippen LogP contribution is -2.60. The summed E-state index contributed by atoms with van der Waals surface area (Å²) in [7, 11) is -1.44. The average Bonchev–Trinajstić information content (AvgIpc) is 2.46. The van der Waals surface area contributed by atoms with Crippen molar-refractivity contribution in [2.75, 3.05) is 33.3 Å². The molecular weight excluding hydrogens is 300 g/mol. The van der Waals surface area contributed by atoms with Gasteiger partial charge in [-0.1, -0.05) is 17.7 Å². The molecule has 0 N–H and O–H groups in total. The van der Waals surface area contributed by atoms with Crippen molar-refractivity contribution in [3.05, 3.63) is 29.3 Å². The smallest absolute Gasteiger partial charge is 0.243 e. The zero-order valence-electron chi connectivity index (χ0n) is 13.4. The van der Waals surface area contributed by atoms with Crippen molar-refractivity contribution >= 4 is 10.0 Å². The van der Waals surface area contributed by atoms with Crippen molar-refractivity contribution in [2.45, 2.75) is 37.3 Å². The molecule has 0 spiro atoms. The van der Waals surface area contributed by atoms with E-state index in [9.17, 15) is 8.42 Å². The van der Waals surface area contributed by atoms with Gasteiger partial charge in [0.1, 0.15) is 0 Å². The zero-order valence-corrected chi connectivity index (χ0v) is 14.3. The number of ether oxygens (including phenoxy) is 1. The fourth-order valence-corrected chi connectivity index (χ4v) is 5.34. The second-order valence-corrected chi connectivity index (χ2v) is 8.27. The molecule has 0 aliphatic carbocycles. The Morgan fingerprint density at radius 3 is 2.73 bits per heavy atom. The van der Waals surface area contributed by atoms with Gasteiger partial charge in [-0.3, -0.25) is 0 Å². The first-order valence-corrected chi connectivity index (χ1v) is 9.23. The number of nitrogens with zero attached hydrogens (tertiary/aromatic N) is 2. The van der Waals surface area contributed by atoms with Crippen LogP contribution in [0.25, 0.3) is 0 Å². The van der Waals surface area contributed by atoms with E-state index >= 15 is 0 Å². The lowest BCUT2D eigenvalue weighted by Gasteiger charge is -2.45. The average molecular weight is 324 g/mol. The third-order valence-electron chi connectivity index (χ3n) is 4.65. The molecule has 0 unspecified atom stereocenters. The molecular formula is C16H24N2O3S. The molecule has 2 aliphatic heterocycles. The van der Waals surface area contributed by atoms with Gasteiger partial charge in [-0.2, -0.15) is 4.31 Å². The van der Waals surface area contributed by atoms with E-state index in [1.54, 1.807) is 10.4 Å². The number of hydrogen-bond donors (Lipinski definition) is 0. The highest BCUT2D eigenvalue weighted by molar-refractivity contribution is 7.89. The van der Waals surface area contributed by atoms with Gasteiger partial charge in [-0.25, -0.2) is 8.42 Å². The molecule has 5 nitrogen and oxygen atoms in total. The molecule has 22 heavy (non-hydrogen) atoms. The van der Waals surface area contributed by atoms with Crippen molar-refractivity contribution in [1.82, 2.24) is 9.21 Å². The molecule has 2 atom stereocenters. The van der Waals surface area contributed by atoms with E-state index in [1.165, 1.54) is 0 Å². The van der Waals surface area contributed by atoms with Crippen LogP contribution in [0.15, 0.2) is 23.1 Å². The number of fused-ring (bicyclic) bond motifs is 1. The predicted octanol–water partition coefficient (Wildman–Crippen LogP) is 1.40. The van der Waals surface area contributed by atoms with E-state index in [-0.39, 0.29) is 12.1 Å². The lowest BCUT2D eigenvalue weighted by atomic mass is 10.0. The number of rotatable bonds is 2. The standard InChI is InChI=1S/C16H24N2O3S/c1-12-4-5-16(13(2)10-12)22(19,20)18-8-9-21-15-6-7-17(3)11-14(15)18/h4-5,10,14-15H,6-9,11H2,1-3H3/t14-,15+/m0/s1. The van der Waals surface area contributed by atoms with Crippen LogP contribution in [0.3, 0.4) is 0 Å². The molecule has 0 aromatic heterocycles. The van der Waals surface area contributed by atoms with Crippen molar-refractivity contribution in [1.29, 1.82) is 0 Å². The van der Waals surface area contributed by atoms with E-state index < -0.39 is 10.0 Å². The van der Waals surface area contributed by atoms with Crippen LogP contribution in [0.2, 0.25) is 0 Å². The summed E-state index contributed by atoms with van der Waals surface area (Å²) < 4.78 is 33.7. The van der Waals surface area contributed by atoms with Gasteiger partial charge in [0.25, 0.3) is 0 Å². The minimum Gasteiger partial charge on any atom is -0.375 e. The predicted molar refractivity (Wildman–Crippen MR) is 85.4 cm³/mol. The molecule has 2 heterocycles. The monoisotopic (exact) mass is 324 g/mol. The summed E-state index contributed by atoms with van der Waals surface area (Å²) in [5.41, 5.74) is 1.89. The van der Waals surface area contributed by atoms with Crippen LogP contribution in [0.5, 0.6) is 0 Å². The summed E-state index contributed by atoms with van der Waals surface area (Å²) in [4.78, 5) is 2.60. The minimum atomic E-state index is -3.48. The number of morpholine rings is 1. The first-order chi connectivity index (χ1) is 10.4. The Hall–Kier alpha value is -0.950. The summed E-state index contributed by atoms with van der Waals surface area (Å²) >= 11 is 0. The Morgan fingerprint density at radius 1 is 1.23 bits per heavy atom. The molecule has 3 rings (SSSR count). The molecule has 1 aromatic carbocycles. The summed E-state index contributed by atoms with van der Waals surface area (Å²) in [6, 6.07) is 5.44. The molecule has 0 radical (unpaired) electrons. The van der Waals surface area contributed by atoms with Crippen LogP contribution in [0, 0.1) is 13.8 Å². The second-order valence-electron chi connectivity index (χ2n) is 6.41. The maximum absolute atomic E-state index is 13.1. The molecule has 2 saturated heterocycles. The molecule has 122 valence electrons. The van der Waals surface area contributed by atoms with Gasteiger partial charge in [-0.05, 0) is 38.9 Å². The van der Waals surface area contributed by atoms with Gasteiger partial charge >= 0.3 is 0 Å². The second kappa shape index (κ2) is 5.92. The van der Waals surface area contributed by atoms with Crippen LogP contribution in [-0.4, -0.2) is 63.1 Å². The van der Waals surface area contributed by atoms with Crippen molar-refractivity contribution in [2.24, 2.45) is 0 Å². The highest BCUT2D eigenvalue weighted by atomic mass is 32.2. The quantitative estimate of drug-likeness (QED) is 0.825. The summed E-state index contributed by atoms with van der Waals surface area (Å²) in [5.74, 6) is 0. The fourth-order valence-electron chi connectivity index (χ4n) is 3.51. The molecule has 0 bridgehead atoms. The Bertz CT molecular complexity index is 659. The number of benzene rings is 1. The van der Waals surface area contributed by atoms with Gasteiger partial charge in [0, 0.05) is 19.6 Å². The lowest BCUT2D eigenvalue weighted by molar-refractivity contribution is -0.0719. The molecule has 2 fully saturated rings. The fraction of sp³-hybridized carbons (Fsp3) is 0.625. The van der Waals surface area contributed by atoms with Gasteiger partial charge in [0.15, 0.2) is 0 Å². The summed E-state index contributed by atoms with van der Waals surface area (Å²) in [6.07, 6.45) is 0.908. The van der Waals surface area contributed by atoms with Crippen LogP contribution in [0.4, 0.5) is 0 Å². The van der Waals surface area contributed by atoms with Gasteiger partial charge in [0.2, 0.25) is 10.0 Å². The maximum atomic E-state index is 13.1. The van der Waals surface area contributed by atoms with Crippen molar-refractivity contribution < 1.29 is 13.2 Å². The number of likely N-dealkylation sites (tertiary alicyclic amines) is 1. The normalized spacial score (nSPS) is 27.6. The van der Waals surface area contributed by atoms with E-state index in [1.807, 2.05) is 33.0 Å². The Balaban J connectivity index is 1.96. The summed E-state index contributed by atoms with van der Waals surface area (Å²) in [6.45, 7) is 6.45. The molecule has 2 aliphatic rings. The van der Waals surface area contributed by atoms with E-state index in [0.717, 1.165) is 30.6 Å². The van der Waals surface area contributed by atoms with Crippen LogP contribution >= 0.6 is 0 Å². The Labute approximate surface area is 132 Å². The van der Waals surface area contributed by atoms with E-state index in [4.69, 9.17) is 4.74 Å². The SMILES string of the molecule is Cc1ccc(S(=O)(=O)N2CCO[C@@H]3CCN(C)C[C@@H]32)c(C)c1. The highest BCUT2D eigenvalue weighted by Crippen LogP contribution is 2.29. The first-order valence-electron chi connectivity index (χ1n) is 7.79. The number of sulfonamides is 1. The molecule has 6 heteroatoms. The van der Waals surface area contributed by atoms with Crippen LogP contribution in [-0.2, 0) is 14.8 Å². The maximum Gasteiger partial charge on any atom is 0.243 e. The topological polar surface area (TPSA) is 49.9 Å². The molecule has 1 aromatic rings. The van der Waals surface area contributed by atoms with Gasteiger partial charge < -0.3 is 9.64 Å². The third kappa shape index (κ3) is 2.80. The van der Waals surface area contributed by atoms with Crippen molar-refractivity contribution in [3.63, 3.8) is 0 Å². The minimum absolute atomic E-state index is 0.0190. The van der Waals surface area contributed by atoms with Crippen LogP contribution < -0.4 is 0 Å². The summed E-state index contributed by atoms with van der Waals surface area (Å²) in [5, 5.41) is 0. The van der Waals surface area contributed by atoms with Crippen LogP contribution in [0.1, 0.15) is 17.5 Å². The Morgan fingerprint density at radius 2 is 2.00 bits per heavy atom. The first kappa shape index (κ1) is 15.9.